The fourth-order valence-corrected chi connectivity index (χ4v) is 1.46. The first-order valence-corrected chi connectivity index (χ1v) is 5.80. The van der Waals surface area contributed by atoms with Crippen molar-refractivity contribution in [1.82, 2.24) is 0 Å². The minimum absolute atomic E-state index is 0.233. The topological polar surface area (TPSA) is 9.23 Å². The van der Waals surface area contributed by atoms with E-state index in [1.165, 1.54) is 26.0 Å². The van der Waals surface area contributed by atoms with Crippen LogP contribution in [0.2, 0.25) is 0 Å². The van der Waals surface area contributed by atoms with Gasteiger partial charge in [0.25, 0.3) is 0 Å². The summed E-state index contributed by atoms with van der Waals surface area (Å²) in [4.78, 5) is 0. The minimum atomic E-state index is -4.26. The van der Waals surface area contributed by atoms with E-state index in [0.717, 1.165) is 0 Å². The van der Waals surface area contributed by atoms with E-state index < -0.39 is 11.6 Å². The van der Waals surface area contributed by atoms with E-state index >= 15 is 0 Å². The molecule has 1 rings (SSSR count). The van der Waals surface area contributed by atoms with Crippen molar-refractivity contribution in [3.05, 3.63) is 29.8 Å². The maximum atomic E-state index is 12.9. The van der Waals surface area contributed by atoms with Crippen molar-refractivity contribution >= 4 is 0 Å². The van der Waals surface area contributed by atoms with E-state index in [9.17, 15) is 13.2 Å². The van der Waals surface area contributed by atoms with Crippen LogP contribution in [0, 0.1) is 0 Å². The van der Waals surface area contributed by atoms with Gasteiger partial charge in [0.2, 0.25) is 0 Å². The Balaban J connectivity index is 2.97. The van der Waals surface area contributed by atoms with Gasteiger partial charge in [0.15, 0.2) is 0 Å². The van der Waals surface area contributed by atoms with Crippen LogP contribution in [0.15, 0.2) is 24.3 Å². The number of alkyl halides is 3. The summed E-state index contributed by atoms with van der Waals surface area (Å²) in [6, 6.07) is 6.09. The quantitative estimate of drug-likeness (QED) is 0.748. The van der Waals surface area contributed by atoms with Gasteiger partial charge >= 0.3 is 6.18 Å². The normalized spacial score (nSPS) is 13.6. The smallest absolute Gasteiger partial charge is 0.397 e. The zero-order valence-corrected chi connectivity index (χ0v) is 11.4. The summed E-state index contributed by atoms with van der Waals surface area (Å²) in [6.07, 6.45) is -4.26. The van der Waals surface area contributed by atoms with Crippen molar-refractivity contribution in [2.24, 2.45) is 0 Å². The molecule has 0 unspecified atom stereocenters. The first kappa shape index (κ1) is 14.9. The van der Waals surface area contributed by atoms with Gasteiger partial charge in [0.05, 0.1) is 5.41 Å². The molecule has 1 aromatic carbocycles. The molecule has 0 radical (unpaired) electrons. The van der Waals surface area contributed by atoms with Crippen molar-refractivity contribution in [2.45, 2.75) is 51.8 Å². The highest BCUT2D eigenvalue weighted by Crippen LogP contribution is 2.40. The molecule has 1 nitrogen and oxygen atoms in total. The molecule has 0 atom stereocenters. The number of hydrogen-bond donors (Lipinski definition) is 0. The van der Waals surface area contributed by atoms with Crippen molar-refractivity contribution in [3.63, 3.8) is 0 Å². The highest BCUT2D eigenvalue weighted by Gasteiger charge is 2.48. The van der Waals surface area contributed by atoms with Crippen LogP contribution in [0.3, 0.4) is 0 Å². The number of rotatable bonds is 2. The molecule has 0 aliphatic heterocycles. The highest BCUT2D eigenvalue weighted by molar-refractivity contribution is 5.33. The molecule has 0 saturated heterocycles. The molecule has 0 aliphatic rings. The molecule has 4 heteroatoms. The highest BCUT2D eigenvalue weighted by atomic mass is 19.4. The first-order valence-electron chi connectivity index (χ1n) is 5.80. The van der Waals surface area contributed by atoms with Gasteiger partial charge in [-0.15, -0.1) is 0 Å². The molecule has 0 aromatic heterocycles. The van der Waals surface area contributed by atoms with E-state index in [4.69, 9.17) is 4.74 Å². The first-order chi connectivity index (χ1) is 7.93. The van der Waals surface area contributed by atoms with Gasteiger partial charge in [-0.2, -0.15) is 13.2 Å². The van der Waals surface area contributed by atoms with Crippen molar-refractivity contribution in [3.8, 4) is 5.75 Å². The van der Waals surface area contributed by atoms with Gasteiger partial charge in [-0.05, 0) is 52.3 Å². The Morgan fingerprint density at radius 3 is 1.61 bits per heavy atom. The summed E-state index contributed by atoms with van der Waals surface area (Å²) in [7, 11) is 0. The van der Waals surface area contributed by atoms with Crippen molar-refractivity contribution < 1.29 is 17.9 Å². The van der Waals surface area contributed by atoms with Gasteiger partial charge < -0.3 is 4.74 Å². The summed E-state index contributed by atoms with van der Waals surface area (Å²) < 4.78 is 44.2. The molecule has 0 bridgehead atoms. The predicted octanol–water partition coefficient (Wildman–Crippen LogP) is 4.70. The number of halogens is 3. The SMILES string of the molecule is CC(C)(C)Oc1ccc(C(C)(C)C(F)(F)F)cc1. The Morgan fingerprint density at radius 1 is 0.833 bits per heavy atom. The van der Waals surface area contributed by atoms with Crippen LogP contribution in [0.4, 0.5) is 13.2 Å². The summed E-state index contributed by atoms with van der Waals surface area (Å²) >= 11 is 0. The van der Waals surface area contributed by atoms with E-state index in [-0.39, 0.29) is 11.2 Å². The van der Waals surface area contributed by atoms with E-state index in [0.29, 0.717) is 5.75 Å². The summed E-state index contributed by atoms with van der Waals surface area (Å²) in [5.41, 5.74) is -1.98. The Labute approximate surface area is 106 Å². The summed E-state index contributed by atoms with van der Waals surface area (Å²) in [6.45, 7) is 8.01. The largest absolute Gasteiger partial charge is 0.488 e. The van der Waals surface area contributed by atoms with Gasteiger partial charge in [-0.1, -0.05) is 12.1 Å². The molecular formula is C14H19F3O. The van der Waals surface area contributed by atoms with Crippen molar-refractivity contribution in [2.75, 3.05) is 0 Å². The Hall–Kier alpha value is -1.19. The Bertz CT molecular complexity index is 397. The molecule has 0 fully saturated rings. The Kier molecular flexibility index (Phi) is 3.70. The summed E-state index contributed by atoms with van der Waals surface area (Å²) in [5, 5.41) is 0. The number of benzene rings is 1. The maximum Gasteiger partial charge on any atom is 0.397 e. The van der Waals surface area contributed by atoms with Crippen molar-refractivity contribution in [1.29, 1.82) is 0 Å². The Morgan fingerprint density at radius 2 is 1.28 bits per heavy atom. The van der Waals surface area contributed by atoms with E-state index in [1.807, 2.05) is 20.8 Å². The molecule has 1 aromatic rings. The van der Waals surface area contributed by atoms with Crippen LogP contribution in [0.1, 0.15) is 40.2 Å². The standard InChI is InChI=1S/C14H19F3O/c1-12(2,3)18-11-8-6-10(7-9-11)13(4,5)14(15,16)17/h6-9H,1-5H3. The molecular weight excluding hydrogens is 241 g/mol. The third-order valence-electron chi connectivity index (χ3n) is 2.71. The third-order valence-corrected chi connectivity index (χ3v) is 2.71. The molecule has 102 valence electrons. The van der Waals surface area contributed by atoms with Crippen LogP contribution in [-0.4, -0.2) is 11.8 Å². The lowest BCUT2D eigenvalue weighted by Crippen LogP contribution is -2.36. The molecule has 18 heavy (non-hydrogen) atoms. The second-order valence-corrected chi connectivity index (χ2v) is 5.86. The van der Waals surface area contributed by atoms with Crippen LogP contribution in [0.5, 0.6) is 5.75 Å². The van der Waals surface area contributed by atoms with Gasteiger partial charge in [-0.3, -0.25) is 0 Å². The van der Waals surface area contributed by atoms with Crippen LogP contribution in [-0.2, 0) is 5.41 Å². The van der Waals surface area contributed by atoms with Gasteiger partial charge in [-0.25, -0.2) is 0 Å². The fourth-order valence-electron chi connectivity index (χ4n) is 1.46. The lowest BCUT2D eigenvalue weighted by atomic mass is 9.84. The molecule has 0 spiro atoms. The summed E-state index contributed by atoms with van der Waals surface area (Å²) in [5.74, 6) is 0.573. The van der Waals surface area contributed by atoms with E-state index in [2.05, 4.69) is 0 Å². The maximum absolute atomic E-state index is 12.9. The average molecular weight is 260 g/mol. The second-order valence-electron chi connectivity index (χ2n) is 5.86. The van der Waals surface area contributed by atoms with Gasteiger partial charge in [0, 0.05) is 0 Å². The van der Waals surface area contributed by atoms with Crippen LogP contribution < -0.4 is 4.74 Å². The second kappa shape index (κ2) is 4.48. The molecule has 0 heterocycles. The zero-order valence-electron chi connectivity index (χ0n) is 11.4. The average Bonchev–Trinajstić information content (AvgIpc) is 2.14. The molecule has 0 N–H and O–H groups in total. The number of ether oxygens (including phenoxy) is 1. The number of hydrogen-bond acceptors (Lipinski definition) is 1. The third kappa shape index (κ3) is 3.40. The molecule has 0 aliphatic carbocycles. The molecule has 0 saturated carbocycles. The monoisotopic (exact) mass is 260 g/mol. The minimum Gasteiger partial charge on any atom is -0.488 e. The van der Waals surface area contributed by atoms with Crippen LogP contribution >= 0.6 is 0 Å². The fraction of sp³-hybridized carbons (Fsp3) is 0.571. The lowest BCUT2D eigenvalue weighted by Gasteiger charge is -2.28. The lowest BCUT2D eigenvalue weighted by molar-refractivity contribution is -0.180. The predicted molar refractivity (Wildman–Crippen MR) is 65.9 cm³/mol. The molecule has 0 amide bonds. The van der Waals surface area contributed by atoms with Crippen LogP contribution in [0.25, 0.3) is 0 Å². The zero-order chi connectivity index (χ0) is 14.2. The van der Waals surface area contributed by atoms with E-state index in [1.54, 1.807) is 12.1 Å². The van der Waals surface area contributed by atoms with Gasteiger partial charge in [0.1, 0.15) is 11.4 Å².